The predicted octanol–water partition coefficient (Wildman–Crippen LogP) is 4.59. The van der Waals surface area contributed by atoms with Crippen molar-refractivity contribution in [2.24, 2.45) is 0 Å². The summed E-state index contributed by atoms with van der Waals surface area (Å²) in [7, 11) is 0. The Labute approximate surface area is 159 Å². The Kier molecular flexibility index (Phi) is 6.15. The zero-order valence-electron chi connectivity index (χ0n) is 16.1. The second-order valence-corrected chi connectivity index (χ2v) is 8.52. The molecule has 25 heavy (non-hydrogen) atoms. The van der Waals surface area contributed by atoms with Crippen LogP contribution in [0.25, 0.3) is 0 Å². The first-order valence-corrected chi connectivity index (χ1v) is 9.85. The van der Waals surface area contributed by atoms with Crippen LogP contribution in [0.4, 0.5) is 4.79 Å². The number of amides is 1. The van der Waals surface area contributed by atoms with Gasteiger partial charge in [0.05, 0.1) is 6.04 Å². The van der Waals surface area contributed by atoms with Gasteiger partial charge in [0, 0.05) is 24.3 Å². The third-order valence-electron chi connectivity index (χ3n) is 4.23. The molecular weight excluding hydrogens is 382 g/mol. The van der Waals surface area contributed by atoms with E-state index in [1.807, 2.05) is 52.5 Å². The Morgan fingerprint density at radius 2 is 2.00 bits per heavy atom. The summed E-state index contributed by atoms with van der Waals surface area (Å²) < 4.78 is 6.39. The number of carbonyl (C=O) groups excluding carboxylic acids is 1. The lowest BCUT2D eigenvalue weighted by molar-refractivity contribution is 0.0136. The molecule has 0 aromatic carbocycles. The minimum Gasteiger partial charge on any atom is -0.444 e. The van der Waals surface area contributed by atoms with Gasteiger partial charge in [-0.15, -0.1) is 0 Å². The molecule has 1 saturated heterocycles. The SMILES string of the molecule is CC.Cc1cc(C2CN(C(=O)OC(C)(C)C)CC3(CC3)N2)cc(Br)n1. The Morgan fingerprint density at radius 1 is 1.36 bits per heavy atom. The molecule has 2 aliphatic rings. The second-order valence-electron chi connectivity index (χ2n) is 7.70. The monoisotopic (exact) mass is 411 g/mol. The first-order valence-electron chi connectivity index (χ1n) is 9.06. The molecule has 1 aromatic heterocycles. The van der Waals surface area contributed by atoms with Crippen LogP contribution in [0.2, 0.25) is 0 Å². The molecule has 3 rings (SSSR count). The summed E-state index contributed by atoms with van der Waals surface area (Å²) in [5.74, 6) is 0. The third-order valence-corrected chi connectivity index (χ3v) is 4.64. The Balaban J connectivity index is 0.00000109. The highest BCUT2D eigenvalue weighted by Gasteiger charge is 2.50. The molecule has 1 aliphatic heterocycles. The molecule has 1 amide bonds. The molecule has 1 saturated carbocycles. The number of rotatable bonds is 1. The van der Waals surface area contributed by atoms with Gasteiger partial charge < -0.3 is 15.0 Å². The molecule has 1 aliphatic carbocycles. The van der Waals surface area contributed by atoms with Crippen LogP contribution in [-0.2, 0) is 4.74 Å². The van der Waals surface area contributed by atoms with Crippen LogP contribution < -0.4 is 5.32 Å². The van der Waals surface area contributed by atoms with Crippen LogP contribution in [-0.4, -0.2) is 40.2 Å². The van der Waals surface area contributed by atoms with E-state index < -0.39 is 5.60 Å². The van der Waals surface area contributed by atoms with Crippen molar-refractivity contribution in [2.45, 2.75) is 71.6 Å². The van der Waals surface area contributed by atoms with Crippen molar-refractivity contribution in [3.05, 3.63) is 28.0 Å². The average molecular weight is 412 g/mol. The predicted molar refractivity (Wildman–Crippen MR) is 104 cm³/mol. The summed E-state index contributed by atoms with van der Waals surface area (Å²) >= 11 is 3.46. The molecule has 1 spiro atoms. The van der Waals surface area contributed by atoms with E-state index in [2.05, 4.69) is 32.3 Å². The van der Waals surface area contributed by atoms with Crippen LogP contribution in [0.15, 0.2) is 16.7 Å². The minimum absolute atomic E-state index is 0.0590. The Hall–Kier alpha value is -1.14. The van der Waals surface area contributed by atoms with E-state index in [0.29, 0.717) is 6.54 Å². The first-order chi connectivity index (χ1) is 11.7. The van der Waals surface area contributed by atoms with Gasteiger partial charge in [0.25, 0.3) is 0 Å². The van der Waals surface area contributed by atoms with Crippen LogP contribution in [0.3, 0.4) is 0 Å². The lowest BCUT2D eigenvalue weighted by atomic mass is 10.0. The highest BCUT2D eigenvalue weighted by atomic mass is 79.9. The number of aromatic nitrogens is 1. The number of nitrogens with one attached hydrogen (secondary N) is 1. The van der Waals surface area contributed by atoms with Gasteiger partial charge in [-0.1, -0.05) is 13.8 Å². The molecule has 1 N–H and O–H groups in total. The summed E-state index contributed by atoms with van der Waals surface area (Å²) in [6, 6.07) is 4.22. The first kappa shape index (κ1) is 20.2. The average Bonchev–Trinajstić information content (AvgIpc) is 3.24. The summed E-state index contributed by atoms with van der Waals surface area (Å²) in [6.45, 7) is 13.0. The molecule has 1 aromatic rings. The Bertz CT molecular complexity index is 603. The second kappa shape index (κ2) is 7.62. The van der Waals surface area contributed by atoms with Crippen molar-refractivity contribution in [1.82, 2.24) is 15.2 Å². The molecule has 1 atom stereocenters. The number of hydrogen-bond acceptors (Lipinski definition) is 4. The smallest absolute Gasteiger partial charge is 0.410 e. The van der Waals surface area contributed by atoms with Gasteiger partial charge in [0.2, 0.25) is 0 Å². The van der Waals surface area contributed by atoms with Gasteiger partial charge in [-0.05, 0) is 74.2 Å². The van der Waals surface area contributed by atoms with Gasteiger partial charge >= 0.3 is 6.09 Å². The quantitative estimate of drug-likeness (QED) is 0.686. The molecule has 6 heteroatoms. The standard InChI is InChI=1S/C17H24BrN3O2.C2H6/c1-11-7-12(8-14(18)19-11)13-9-21(10-17(20-13)5-6-17)15(22)23-16(2,3)4;1-2/h7-8,13,20H,5-6,9-10H2,1-4H3;1-2H3. The fraction of sp³-hybridized carbons (Fsp3) is 0.684. The number of nitrogens with zero attached hydrogens (tertiary/aromatic N) is 2. The number of hydrogen-bond donors (Lipinski definition) is 1. The van der Waals surface area contributed by atoms with Crippen LogP contribution in [0, 0.1) is 6.92 Å². The maximum Gasteiger partial charge on any atom is 0.410 e. The van der Waals surface area contributed by atoms with Gasteiger partial charge in [-0.3, -0.25) is 0 Å². The van der Waals surface area contributed by atoms with E-state index in [1.54, 1.807) is 0 Å². The Morgan fingerprint density at radius 3 is 2.52 bits per heavy atom. The van der Waals surface area contributed by atoms with Crippen LogP contribution in [0.1, 0.15) is 64.8 Å². The van der Waals surface area contributed by atoms with Gasteiger partial charge in [0.15, 0.2) is 0 Å². The zero-order chi connectivity index (χ0) is 18.8. The van der Waals surface area contributed by atoms with E-state index in [1.165, 1.54) is 0 Å². The molecule has 0 radical (unpaired) electrons. The van der Waals surface area contributed by atoms with Crippen molar-refractivity contribution in [1.29, 1.82) is 0 Å². The van der Waals surface area contributed by atoms with E-state index in [9.17, 15) is 4.79 Å². The molecule has 0 bridgehead atoms. The normalized spacial score (nSPS) is 21.4. The lowest BCUT2D eigenvalue weighted by Gasteiger charge is -2.40. The van der Waals surface area contributed by atoms with E-state index in [-0.39, 0.29) is 17.7 Å². The molecule has 1 unspecified atom stereocenters. The highest BCUT2D eigenvalue weighted by molar-refractivity contribution is 9.10. The summed E-state index contributed by atoms with van der Waals surface area (Å²) in [5, 5.41) is 3.72. The van der Waals surface area contributed by atoms with E-state index in [4.69, 9.17) is 4.74 Å². The van der Waals surface area contributed by atoms with Gasteiger partial charge in [-0.25, -0.2) is 9.78 Å². The molecule has 2 heterocycles. The molecule has 140 valence electrons. The van der Waals surface area contributed by atoms with Crippen molar-refractivity contribution >= 4 is 22.0 Å². The van der Waals surface area contributed by atoms with Gasteiger partial charge in [-0.2, -0.15) is 0 Å². The van der Waals surface area contributed by atoms with Crippen molar-refractivity contribution < 1.29 is 9.53 Å². The third kappa shape index (κ3) is 5.42. The number of ether oxygens (including phenoxy) is 1. The number of halogens is 1. The summed E-state index contributed by atoms with van der Waals surface area (Å²) in [6.07, 6.45) is 1.99. The number of piperazine rings is 1. The lowest BCUT2D eigenvalue weighted by Crippen LogP contribution is -2.56. The fourth-order valence-electron chi connectivity index (χ4n) is 3.07. The summed E-state index contributed by atoms with van der Waals surface area (Å²) in [4.78, 5) is 18.7. The number of aryl methyl sites for hydroxylation is 1. The molecular formula is C19H30BrN3O2. The minimum atomic E-state index is -0.468. The van der Waals surface area contributed by atoms with E-state index >= 15 is 0 Å². The topological polar surface area (TPSA) is 54.5 Å². The van der Waals surface area contributed by atoms with E-state index in [0.717, 1.165) is 35.2 Å². The largest absolute Gasteiger partial charge is 0.444 e. The zero-order valence-corrected chi connectivity index (χ0v) is 17.7. The number of carbonyl (C=O) groups is 1. The van der Waals surface area contributed by atoms with Crippen molar-refractivity contribution in [3.8, 4) is 0 Å². The van der Waals surface area contributed by atoms with Crippen LogP contribution in [0.5, 0.6) is 0 Å². The summed E-state index contributed by atoms with van der Waals surface area (Å²) in [5.41, 5.74) is 1.72. The van der Waals surface area contributed by atoms with Gasteiger partial charge in [0.1, 0.15) is 10.2 Å². The fourth-order valence-corrected chi connectivity index (χ4v) is 3.62. The maximum atomic E-state index is 12.5. The highest BCUT2D eigenvalue weighted by Crippen LogP contribution is 2.42. The van der Waals surface area contributed by atoms with Crippen molar-refractivity contribution in [2.75, 3.05) is 13.1 Å². The van der Waals surface area contributed by atoms with Crippen LogP contribution >= 0.6 is 15.9 Å². The maximum absolute atomic E-state index is 12.5. The molecule has 5 nitrogen and oxygen atoms in total. The van der Waals surface area contributed by atoms with Crippen molar-refractivity contribution in [3.63, 3.8) is 0 Å². The number of pyridine rings is 1. The molecule has 2 fully saturated rings.